The Morgan fingerprint density at radius 2 is 1.93 bits per heavy atom. The smallest absolute Gasteiger partial charge is 0.165 e. The number of ether oxygens (including phenoxy) is 2. The van der Waals surface area contributed by atoms with Crippen molar-refractivity contribution in [1.82, 2.24) is 14.6 Å². The van der Waals surface area contributed by atoms with E-state index in [-0.39, 0.29) is 0 Å². The summed E-state index contributed by atoms with van der Waals surface area (Å²) in [6.07, 6.45) is 4.60. The molecule has 6 nitrogen and oxygen atoms in total. The van der Waals surface area contributed by atoms with Gasteiger partial charge in [0, 0.05) is 23.5 Å². The highest BCUT2D eigenvalue weighted by atomic mass is 16.5. The van der Waals surface area contributed by atoms with Gasteiger partial charge < -0.3 is 14.8 Å². The summed E-state index contributed by atoms with van der Waals surface area (Å²) in [5, 5.41) is 7.83. The average molecular weight is 388 g/mol. The quantitative estimate of drug-likeness (QED) is 0.502. The fourth-order valence-electron chi connectivity index (χ4n) is 3.48. The van der Waals surface area contributed by atoms with Gasteiger partial charge in [-0.3, -0.25) is 0 Å². The highest BCUT2D eigenvalue weighted by Gasteiger charge is 2.13. The van der Waals surface area contributed by atoms with Crippen LogP contribution in [0.4, 0.5) is 11.5 Å². The molecule has 0 unspecified atom stereocenters. The molecule has 29 heavy (non-hydrogen) atoms. The van der Waals surface area contributed by atoms with Crippen LogP contribution in [0.2, 0.25) is 0 Å². The SMILES string of the molecule is CCc1cc(Nc2ccn3ncc(-c4cccc(C)c4)c3n2)cc(OC)c1OC. The number of aromatic nitrogens is 3. The van der Waals surface area contributed by atoms with Crippen molar-refractivity contribution >= 4 is 17.2 Å². The molecular formula is C23H24N4O2. The summed E-state index contributed by atoms with van der Waals surface area (Å²) in [6, 6.07) is 14.2. The molecule has 2 heterocycles. The van der Waals surface area contributed by atoms with E-state index in [0.717, 1.165) is 46.0 Å². The van der Waals surface area contributed by atoms with Gasteiger partial charge in [0.25, 0.3) is 0 Å². The molecule has 2 aromatic heterocycles. The third-order valence-corrected chi connectivity index (χ3v) is 4.91. The Hall–Kier alpha value is -3.54. The Bertz CT molecular complexity index is 1140. The molecule has 4 rings (SSSR count). The number of aryl methyl sites for hydroxylation is 2. The largest absolute Gasteiger partial charge is 0.493 e. The summed E-state index contributed by atoms with van der Waals surface area (Å²) >= 11 is 0. The predicted molar refractivity (Wildman–Crippen MR) is 115 cm³/mol. The van der Waals surface area contributed by atoms with E-state index in [1.54, 1.807) is 18.7 Å². The molecule has 0 aliphatic rings. The molecule has 148 valence electrons. The van der Waals surface area contributed by atoms with Gasteiger partial charge in [-0.2, -0.15) is 5.10 Å². The lowest BCUT2D eigenvalue weighted by atomic mass is 10.1. The van der Waals surface area contributed by atoms with Gasteiger partial charge in [-0.05, 0) is 36.6 Å². The zero-order chi connectivity index (χ0) is 20.4. The first kappa shape index (κ1) is 18.8. The van der Waals surface area contributed by atoms with Crippen molar-refractivity contribution < 1.29 is 9.47 Å². The Morgan fingerprint density at radius 1 is 1.07 bits per heavy atom. The standard InChI is InChI=1S/C23H24N4O2/c1-5-16-12-18(13-20(28-3)22(16)29-4)25-21-9-10-27-23(26-21)19(14-24-27)17-8-6-7-15(2)11-17/h6-14H,5H2,1-4H3,(H,25,26). The maximum absolute atomic E-state index is 5.51. The summed E-state index contributed by atoms with van der Waals surface area (Å²) in [4.78, 5) is 4.81. The van der Waals surface area contributed by atoms with Gasteiger partial charge in [-0.25, -0.2) is 9.50 Å². The normalized spacial score (nSPS) is 10.9. The van der Waals surface area contributed by atoms with Gasteiger partial charge >= 0.3 is 0 Å². The van der Waals surface area contributed by atoms with E-state index in [1.165, 1.54) is 5.56 Å². The minimum absolute atomic E-state index is 0.695. The van der Waals surface area contributed by atoms with Gasteiger partial charge in [-0.15, -0.1) is 0 Å². The molecule has 0 atom stereocenters. The van der Waals surface area contributed by atoms with Crippen LogP contribution in [0.1, 0.15) is 18.1 Å². The molecule has 0 spiro atoms. The van der Waals surface area contributed by atoms with Crippen LogP contribution in [0.5, 0.6) is 11.5 Å². The first-order valence-corrected chi connectivity index (χ1v) is 9.56. The Kier molecular flexibility index (Phi) is 5.08. The van der Waals surface area contributed by atoms with Crippen LogP contribution < -0.4 is 14.8 Å². The molecule has 0 aliphatic carbocycles. The van der Waals surface area contributed by atoms with Gasteiger partial charge in [0.05, 0.1) is 20.4 Å². The fourth-order valence-corrected chi connectivity index (χ4v) is 3.48. The van der Waals surface area contributed by atoms with E-state index < -0.39 is 0 Å². The number of methoxy groups -OCH3 is 2. The number of fused-ring (bicyclic) bond motifs is 1. The minimum Gasteiger partial charge on any atom is -0.493 e. The monoisotopic (exact) mass is 388 g/mol. The topological polar surface area (TPSA) is 60.7 Å². The fraction of sp³-hybridized carbons (Fsp3) is 0.217. The number of anilines is 2. The van der Waals surface area contributed by atoms with Crippen molar-refractivity contribution in [3.63, 3.8) is 0 Å². The molecule has 0 aliphatic heterocycles. The van der Waals surface area contributed by atoms with Gasteiger partial charge in [0.15, 0.2) is 17.1 Å². The maximum atomic E-state index is 5.51. The van der Waals surface area contributed by atoms with Crippen LogP contribution in [0.25, 0.3) is 16.8 Å². The summed E-state index contributed by atoms with van der Waals surface area (Å²) < 4.78 is 12.8. The first-order valence-electron chi connectivity index (χ1n) is 9.56. The summed E-state index contributed by atoms with van der Waals surface area (Å²) in [5.41, 5.74) is 6.07. The highest BCUT2D eigenvalue weighted by Crippen LogP contribution is 2.36. The van der Waals surface area contributed by atoms with Gasteiger partial charge in [0.1, 0.15) is 5.82 Å². The molecule has 0 radical (unpaired) electrons. The Morgan fingerprint density at radius 3 is 2.66 bits per heavy atom. The number of benzene rings is 2. The van der Waals surface area contributed by atoms with E-state index in [2.05, 4.69) is 48.5 Å². The van der Waals surface area contributed by atoms with E-state index in [1.807, 2.05) is 30.6 Å². The van der Waals surface area contributed by atoms with Crippen LogP contribution in [0.15, 0.2) is 54.9 Å². The molecule has 6 heteroatoms. The van der Waals surface area contributed by atoms with Gasteiger partial charge in [-0.1, -0.05) is 36.8 Å². The molecular weight excluding hydrogens is 364 g/mol. The number of hydrogen-bond donors (Lipinski definition) is 1. The number of rotatable bonds is 6. The zero-order valence-corrected chi connectivity index (χ0v) is 17.1. The average Bonchev–Trinajstić information content (AvgIpc) is 3.16. The third kappa shape index (κ3) is 3.61. The van der Waals surface area contributed by atoms with Crippen molar-refractivity contribution in [2.75, 3.05) is 19.5 Å². The van der Waals surface area contributed by atoms with E-state index >= 15 is 0 Å². The molecule has 0 bridgehead atoms. The van der Waals surface area contributed by atoms with Crippen LogP contribution in [0.3, 0.4) is 0 Å². The molecule has 4 aromatic rings. The van der Waals surface area contributed by atoms with Gasteiger partial charge in [0.2, 0.25) is 0 Å². The molecule has 0 fully saturated rings. The van der Waals surface area contributed by atoms with Crippen molar-refractivity contribution in [3.8, 4) is 22.6 Å². The number of nitrogens with one attached hydrogen (secondary N) is 1. The second-order valence-corrected chi connectivity index (χ2v) is 6.86. The van der Waals surface area contributed by atoms with Crippen LogP contribution in [-0.2, 0) is 6.42 Å². The molecule has 1 N–H and O–H groups in total. The van der Waals surface area contributed by atoms with Crippen LogP contribution in [-0.4, -0.2) is 28.8 Å². The summed E-state index contributed by atoms with van der Waals surface area (Å²) in [5.74, 6) is 2.20. The number of hydrogen-bond acceptors (Lipinski definition) is 5. The first-order chi connectivity index (χ1) is 14.1. The van der Waals surface area contributed by atoms with Crippen molar-refractivity contribution in [3.05, 3.63) is 66.0 Å². The minimum atomic E-state index is 0.695. The molecule has 0 amide bonds. The van der Waals surface area contributed by atoms with Crippen molar-refractivity contribution in [2.24, 2.45) is 0 Å². The predicted octanol–water partition coefficient (Wildman–Crippen LogP) is 5.03. The molecule has 2 aromatic carbocycles. The lowest BCUT2D eigenvalue weighted by Gasteiger charge is -2.15. The lowest BCUT2D eigenvalue weighted by molar-refractivity contribution is 0.352. The van der Waals surface area contributed by atoms with Crippen LogP contribution in [0, 0.1) is 6.92 Å². The lowest BCUT2D eigenvalue weighted by Crippen LogP contribution is -2.00. The third-order valence-electron chi connectivity index (χ3n) is 4.91. The second-order valence-electron chi connectivity index (χ2n) is 6.86. The van der Waals surface area contributed by atoms with E-state index in [0.29, 0.717) is 5.75 Å². The molecule has 0 saturated heterocycles. The van der Waals surface area contributed by atoms with Crippen molar-refractivity contribution in [2.45, 2.75) is 20.3 Å². The summed E-state index contributed by atoms with van der Waals surface area (Å²) in [7, 11) is 3.30. The van der Waals surface area contributed by atoms with E-state index in [9.17, 15) is 0 Å². The van der Waals surface area contributed by atoms with Crippen LogP contribution >= 0.6 is 0 Å². The Labute approximate surface area is 170 Å². The summed E-state index contributed by atoms with van der Waals surface area (Å²) in [6.45, 7) is 4.17. The maximum Gasteiger partial charge on any atom is 0.165 e. The Balaban J connectivity index is 1.73. The molecule has 0 saturated carbocycles. The zero-order valence-electron chi connectivity index (χ0n) is 17.1. The van der Waals surface area contributed by atoms with E-state index in [4.69, 9.17) is 14.5 Å². The number of nitrogens with zero attached hydrogens (tertiary/aromatic N) is 3. The highest BCUT2D eigenvalue weighted by molar-refractivity contribution is 5.78. The van der Waals surface area contributed by atoms with Crippen molar-refractivity contribution in [1.29, 1.82) is 0 Å². The second kappa shape index (κ2) is 7.83.